The standard InChI is InChI=1S/C12H9NO4/c1-8(14)17-10-5-3-2-4-9(10)13-11(15)6-7-12(13)16/h2-7H,1H3. The minimum atomic E-state index is -0.510. The number of hydrogen-bond donors (Lipinski definition) is 0. The lowest BCUT2D eigenvalue weighted by Crippen LogP contribution is -2.30. The number of carbonyl (C=O) groups excluding carboxylic acids is 3. The van der Waals surface area contributed by atoms with E-state index in [2.05, 4.69) is 0 Å². The number of benzene rings is 1. The minimum Gasteiger partial charge on any atom is -0.424 e. The molecule has 1 aromatic carbocycles. The summed E-state index contributed by atoms with van der Waals surface area (Å²) in [7, 11) is 0. The number of esters is 1. The molecule has 0 aliphatic carbocycles. The maximum absolute atomic E-state index is 11.5. The molecule has 1 aliphatic rings. The van der Waals surface area contributed by atoms with Gasteiger partial charge in [0.05, 0.1) is 5.69 Å². The van der Waals surface area contributed by atoms with Gasteiger partial charge in [-0.25, -0.2) is 4.90 Å². The van der Waals surface area contributed by atoms with Crippen LogP contribution >= 0.6 is 0 Å². The summed E-state index contributed by atoms with van der Waals surface area (Å²) in [5.41, 5.74) is 0.266. The van der Waals surface area contributed by atoms with Crippen molar-refractivity contribution in [3.8, 4) is 5.75 Å². The van der Waals surface area contributed by atoms with Crippen LogP contribution in [0.4, 0.5) is 5.69 Å². The van der Waals surface area contributed by atoms with E-state index in [0.29, 0.717) is 0 Å². The Balaban J connectivity index is 2.41. The van der Waals surface area contributed by atoms with Crippen LogP contribution in [0.5, 0.6) is 5.75 Å². The third-order valence-corrected chi connectivity index (χ3v) is 2.17. The number of imide groups is 1. The number of para-hydroxylation sites is 2. The van der Waals surface area contributed by atoms with E-state index in [1.165, 1.54) is 25.1 Å². The van der Waals surface area contributed by atoms with Crippen molar-refractivity contribution in [2.45, 2.75) is 6.92 Å². The van der Waals surface area contributed by atoms with Crippen molar-refractivity contribution < 1.29 is 19.1 Å². The van der Waals surface area contributed by atoms with Crippen LogP contribution < -0.4 is 9.64 Å². The van der Waals surface area contributed by atoms with E-state index >= 15 is 0 Å². The number of amides is 2. The molecule has 0 unspecified atom stereocenters. The van der Waals surface area contributed by atoms with Gasteiger partial charge in [-0.1, -0.05) is 12.1 Å². The maximum Gasteiger partial charge on any atom is 0.308 e. The highest BCUT2D eigenvalue weighted by molar-refractivity contribution is 6.28. The number of nitrogens with zero attached hydrogens (tertiary/aromatic N) is 1. The molecule has 2 rings (SSSR count). The second-order valence-electron chi connectivity index (χ2n) is 3.41. The highest BCUT2D eigenvalue weighted by atomic mass is 16.5. The quantitative estimate of drug-likeness (QED) is 0.433. The summed E-state index contributed by atoms with van der Waals surface area (Å²) in [6.45, 7) is 1.25. The van der Waals surface area contributed by atoms with Gasteiger partial charge in [0.25, 0.3) is 11.8 Å². The largest absolute Gasteiger partial charge is 0.424 e. The van der Waals surface area contributed by atoms with Gasteiger partial charge in [-0.15, -0.1) is 0 Å². The minimum absolute atomic E-state index is 0.186. The normalized spacial score (nSPS) is 14.3. The van der Waals surface area contributed by atoms with E-state index in [0.717, 1.165) is 4.90 Å². The Morgan fingerprint density at radius 2 is 1.71 bits per heavy atom. The Kier molecular flexibility index (Phi) is 2.74. The first-order chi connectivity index (χ1) is 8.09. The number of hydrogen-bond acceptors (Lipinski definition) is 4. The van der Waals surface area contributed by atoms with Crippen molar-refractivity contribution in [3.05, 3.63) is 36.4 Å². The lowest BCUT2D eigenvalue weighted by atomic mass is 10.2. The summed E-state index contributed by atoms with van der Waals surface area (Å²) < 4.78 is 4.94. The Bertz CT molecular complexity index is 515. The van der Waals surface area contributed by atoms with Crippen LogP contribution in [0.3, 0.4) is 0 Å². The second-order valence-corrected chi connectivity index (χ2v) is 3.41. The molecule has 0 fully saturated rings. The number of carbonyl (C=O) groups is 3. The lowest BCUT2D eigenvalue weighted by Gasteiger charge is -2.16. The Morgan fingerprint density at radius 3 is 2.29 bits per heavy atom. The predicted octanol–water partition coefficient (Wildman–Crippen LogP) is 1.04. The summed E-state index contributed by atoms with van der Waals surface area (Å²) in [4.78, 5) is 34.9. The fraction of sp³-hybridized carbons (Fsp3) is 0.0833. The Hall–Kier alpha value is -2.43. The van der Waals surface area contributed by atoms with E-state index < -0.39 is 17.8 Å². The van der Waals surface area contributed by atoms with Crippen LogP contribution in [0.15, 0.2) is 36.4 Å². The molecule has 0 saturated carbocycles. The van der Waals surface area contributed by atoms with Crippen molar-refractivity contribution >= 4 is 23.5 Å². The molecule has 1 aromatic rings. The third-order valence-electron chi connectivity index (χ3n) is 2.17. The molecule has 5 nitrogen and oxygen atoms in total. The topological polar surface area (TPSA) is 63.7 Å². The van der Waals surface area contributed by atoms with Crippen LogP contribution in [0.25, 0.3) is 0 Å². The summed E-state index contributed by atoms with van der Waals surface area (Å²) >= 11 is 0. The zero-order valence-corrected chi connectivity index (χ0v) is 9.04. The third kappa shape index (κ3) is 2.08. The van der Waals surface area contributed by atoms with E-state index in [1.807, 2.05) is 0 Å². The average Bonchev–Trinajstić information content (AvgIpc) is 2.59. The maximum atomic E-state index is 11.5. The summed E-state index contributed by atoms with van der Waals surface area (Å²) in [6, 6.07) is 6.37. The van der Waals surface area contributed by atoms with E-state index in [-0.39, 0.29) is 11.4 Å². The van der Waals surface area contributed by atoms with Gasteiger partial charge < -0.3 is 4.74 Å². The number of rotatable bonds is 2. The predicted molar refractivity (Wildman–Crippen MR) is 59.4 cm³/mol. The van der Waals surface area contributed by atoms with Crippen molar-refractivity contribution in [2.75, 3.05) is 4.90 Å². The molecule has 0 aromatic heterocycles. The van der Waals surface area contributed by atoms with Gasteiger partial charge in [-0.3, -0.25) is 14.4 Å². The molecule has 0 N–H and O–H groups in total. The first-order valence-electron chi connectivity index (χ1n) is 4.93. The molecule has 0 bridgehead atoms. The van der Waals surface area contributed by atoms with E-state index in [4.69, 9.17) is 4.74 Å². The van der Waals surface area contributed by atoms with Crippen LogP contribution in [0.1, 0.15) is 6.92 Å². The fourth-order valence-electron chi connectivity index (χ4n) is 1.52. The molecule has 1 heterocycles. The van der Waals surface area contributed by atoms with Gasteiger partial charge in [-0.05, 0) is 12.1 Å². The molecular weight excluding hydrogens is 222 g/mol. The van der Waals surface area contributed by atoms with E-state index in [9.17, 15) is 14.4 Å². The van der Waals surface area contributed by atoms with Gasteiger partial charge in [0.15, 0.2) is 5.75 Å². The van der Waals surface area contributed by atoms with Crippen LogP contribution in [0.2, 0.25) is 0 Å². The molecule has 5 heteroatoms. The molecule has 17 heavy (non-hydrogen) atoms. The first-order valence-corrected chi connectivity index (χ1v) is 4.93. The molecule has 0 atom stereocenters. The van der Waals surface area contributed by atoms with Crippen LogP contribution in [-0.4, -0.2) is 17.8 Å². The van der Waals surface area contributed by atoms with Gasteiger partial charge in [0.2, 0.25) is 0 Å². The first kappa shape index (κ1) is 11.1. The zero-order chi connectivity index (χ0) is 12.4. The number of anilines is 1. The molecule has 1 aliphatic heterocycles. The van der Waals surface area contributed by atoms with E-state index in [1.54, 1.807) is 18.2 Å². The zero-order valence-electron chi connectivity index (χ0n) is 9.04. The Labute approximate surface area is 97.3 Å². The van der Waals surface area contributed by atoms with Gasteiger partial charge in [-0.2, -0.15) is 0 Å². The van der Waals surface area contributed by atoms with Gasteiger partial charge in [0.1, 0.15) is 0 Å². The lowest BCUT2D eigenvalue weighted by molar-refractivity contribution is -0.132. The second kappa shape index (κ2) is 4.21. The van der Waals surface area contributed by atoms with Gasteiger partial charge >= 0.3 is 5.97 Å². The average molecular weight is 231 g/mol. The fourth-order valence-corrected chi connectivity index (χ4v) is 1.52. The molecule has 0 spiro atoms. The van der Waals surface area contributed by atoms with Crippen LogP contribution in [0, 0.1) is 0 Å². The molecular formula is C12H9NO4. The van der Waals surface area contributed by atoms with Crippen molar-refractivity contribution in [1.29, 1.82) is 0 Å². The van der Waals surface area contributed by atoms with Crippen molar-refractivity contribution in [1.82, 2.24) is 0 Å². The summed E-state index contributed by atoms with van der Waals surface area (Å²) in [5.74, 6) is -1.22. The van der Waals surface area contributed by atoms with Crippen molar-refractivity contribution in [2.24, 2.45) is 0 Å². The number of ether oxygens (including phenoxy) is 1. The highest BCUT2D eigenvalue weighted by Crippen LogP contribution is 2.30. The molecule has 0 radical (unpaired) electrons. The van der Waals surface area contributed by atoms with Crippen molar-refractivity contribution in [3.63, 3.8) is 0 Å². The highest BCUT2D eigenvalue weighted by Gasteiger charge is 2.27. The molecule has 2 amide bonds. The molecule has 86 valence electrons. The summed E-state index contributed by atoms with van der Waals surface area (Å²) in [6.07, 6.45) is 2.35. The Morgan fingerprint density at radius 1 is 1.12 bits per heavy atom. The summed E-state index contributed by atoms with van der Waals surface area (Å²) in [5, 5.41) is 0. The SMILES string of the molecule is CC(=O)Oc1ccccc1N1C(=O)C=CC1=O. The van der Waals surface area contributed by atoms with Gasteiger partial charge in [0, 0.05) is 19.1 Å². The molecule has 0 saturated heterocycles. The van der Waals surface area contributed by atoms with Crippen LogP contribution in [-0.2, 0) is 14.4 Å². The smallest absolute Gasteiger partial charge is 0.308 e. The monoisotopic (exact) mass is 231 g/mol.